The molecule has 1 fully saturated rings. The van der Waals surface area contributed by atoms with E-state index in [0.29, 0.717) is 24.8 Å². The average Bonchev–Trinajstić information content (AvgIpc) is 2.89. The molecule has 0 bridgehead atoms. The van der Waals surface area contributed by atoms with Crippen molar-refractivity contribution < 1.29 is 19.4 Å². The summed E-state index contributed by atoms with van der Waals surface area (Å²) in [7, 11) is 1.53. The molecule has 1 aromatic rings. The molecule has 0 aliphatic carbocycles. The molecule has 0 aromatic carbocycles. The highest BCUT2D eigenvalue weighted by Gasteiger charge is 2.38. The molecule has 1 N–H and O–H groups in total. The van der Waals surface area contributed by atoms with Gasteiger partial charge in [0.05, 0.1) is 26.4 Å². The summed E-state index contributed by atoms with van der Waals surface area (Å²) >= 11 is 0. The third-order valence-corrected chi connectivity index (χ3v) is 3.24. The quantitative estimate of drug-likeness (QED) is 0.827. The van der Waals surface area contributed by atoms with Crippen LogP contribution in [0.5, 0.6) is 5.88 Å². The van der Waals surface area contributed by atoms with Gasteiger partial charge in [-0.25, -0.2) is 9.97 Å². The Kier molecular flexibility index (Phi) is 4.16. The summed E-state index contributed by atoms with van der Waals surface area (Å²) in [6.45, 7) is 3.21. The summed E-state index contributed by atoms with van der Waals surface area (Å²) in [4.78, 5) is 21.3. The highest BCUT2D eigenvalue weighted by molar-refractivity contribution is 5.72. The van der Waals surface area contributed by atoms with E-state index in [2.05, 4.69) is 9.97 Å². The summed E-state index contributed by atoms with van der Waals surface area (Å²) in [6, 6.07) is 1.47. The van der Waals surface area contributed by atoms with Crippen molar-refractivity contribution in [2.75, 3.05) is 31.8 Å². The van der Waals surface area contributed by atoms with Crippen molar-refractivity contribution in [2.45, 2.75) is 13.0 Å². The summed E-state index contributed by atoms with van der Waals surface area (Å²) in [5.74, 6) is -0.284. The standard InChI is InChI=1S/C12H17N3O4/c1-3-15(9-6-19-5-8(9)12(16)17)10-4-11(18-2)14-7-13-10/h4,7-9H,3,5-6H2,1-2H3,(H,16,17). The van der Waals surface area contributed by atoms with Crippen LogP contribution in [0.15, 0.2) is 12.4 Å². The summed E-state index contributed by atoms with van der Waals surface area (Å²) in [5.41, 5.74) is 0. The van der Waals surface area contributed by atoms with Crippen LogP contribution in [0.2, 0.25) is 0 Å². The van der Waals surface area contributed by atoms with Gasteiger partial charge in [0.2, 0.25) is 5.88 Å². The molecule has 2 unspecified atom stereocenters. The Hall–Kier alpha value is -1.89. The van der Waals surface area contributed by atoms with E-state index in [1.165, 1.54) is 13.4 Å². The monoisotopic (exact) mass is 267 g/mol. The van der Waals surface area contributed by atoms with E-state index in [1.54, 1.807) is 6.07 Å². The number of carboxylic acids is 1. The topological polar surface area (TPSA) is 84.8 Å². The van der Waals surface area contributed by atoms with Crippen molar-refractivity contribution in [1.82, 2.24) is 9.97 Å². The van der Waals surface area contributed by atoms with Crippen LogP contribution in [-0.4, -0.2) is 54.0 Å². The second-order valence-electron chi connectivity index (χ2n) is 4.25. The Labute approximate surface area is 111 Å². The van der Waals surface area contributed by atoms with Gasteiger partial charge in [-0.05, 0) is 6.92 Å². The molecular formula is C12H17N3O4. The van der Waals surface area contributed by atoms with E-state index < -0.39 is 11.9 Å². The SMILES string of the molecule is CCN(c1cc(OC)ncn1)C1COCC1C(=O)O. The van der Waals surface area contributed by atoms with E-state index in [-0.39, 0.29) is 12.6 Å². The Balaban J connectivity index is 2.25. The van der Waals surface area contributed by atoms with Gasteiger partial charge in [-0.2, -0.15) is 0 Å². The number of hydrogen-bond acceptors (Lipinski definition) is 6. The van der Waals surface area contributed by atoms with Crippen LogP contribution in [0.3, 0.4) is 0 Å². The zero-order valence-corrected chi connectivity index (χ0v) is 10.9. The summed E-state index contributed by atoms with van der Waals surface area (Å²) in [6.07, 6.45) is 1.41. The van der Waals surface area contributed by atoms with Gasteiger partial charge in [0.25, 0.3) is 0 Å². The first-order chi connectivity index (χ1) is 9.17. The van der Waals surface area contributed by atoms with Gasteiger partial charge in [0.1, 0.15) is 18.1 Å². The number of nitrogens with zero attached hydrogens (tertiary/aromatic N) is 3. The molecule has 0 spiro atoms. The van der Waals surface area contributed by atoms with Crippen LogP contribution < -0.4 is 9.64 Å². The fraction of sp³-hybridized carbons (Fsp3) is 0.583. The van der Waals surface area contributed by atoms with Gasteiger partial charge < -0.3 is 19.5 Å². The van der Waals surface area contributed by atoms with Crippen molar-refractivity contribution in [3.05, 3.63) is 12.4 Å². The van der Waals surface area contributed by atoms with Gasteiger partial charge in [-0.1, -0.05) is 0 Å². The Morgan fingerprint density at radius 2 is 2.37 bits per heavy atom. The molecule has 2 rings (SSSR count). The first-order valence-corrected chi connectivity index (χ1v) is 6.10. The number of aromatic nitrogens is 2. The van der Waals surface area contributed by atoms with E-state index in [1.807, 2.05) is 11.8 Å². The summed E-state index contributed by atoms with van der Waals surface area (Å²) in [5, 5.41) is 9.21. The predicted octanol–water partition coefficient (Wildman–Crippen LogP) is 0.411. The number of aliphatic carboxylic acids is 1. The lowest BCUT2D eigenvalue weighted by Crippen LogP contribution is -2.43. The molecular weight excluding hydrogens is 250 g/mol. The maximum atomic E-state index is 11.2. The second-order valence-corrected chi connectivity index (χ2v) is 4.25. The van der Waals surface area contributed by atoms with Gasteiger partial charge in [0.15, 0.2) is 0 Å². The minimum absolute atomic E-state index is 0.220. The molecule has 1 aliphatic rings. The summed E-state index contributed by atoms with van der Waals surface area (Å²) < 4.78 is 10.4. The van der Waals surface area contributed by atoms with E-state index in [4.69, 9.17) is 9.47 Å². The van der Waals surface area contributed by atoms with Crippen molar-refractivity contribution in [1.29, 1.82) is 0 Å². The van der Waals surface area contributed by atoms with E-state index in [9.17, 15) is 9.90 Å². The van der Waals surface area contributed by atoms with Crippen LogP contribution in [0, 0.1) is 5.92 Å². The number of likely N-dealkylation sites (N-methyl/N-ethyl adjacent to an activating group) is 1. The van der Waals surface area contributed by atoms with Crippen LogP contribution in [0.1, 0.15) is 6.92 Å². The molecule has 0 saturated carbocycles. The predicted molar refractivity (Wildman–Crippen MR) is 67.3 cm³/mol. The molecule has 1 aromatic heterocycles. The molecule has 1 saturated heterocycles. The number of methoxy groups -OCH3 is 1. The third-order valence-electron chi connectivity index (χ3n) is 3.24. The first-order valence-electron chi connectivity index (χ1n) is 6.10. The zero-order valence-electron chi connectivity index (χ0n) is 10.9. The molecule has 7 nitrogen and oxygen atoms in total. The lowest BCUT2D eigenvalue weighted by molar-refractivity contribution is -0.141. The lowest BCUT2D eigenvalue weighted by Gasteiger charge is -2.30. The molecule has 104 valence electrons. The van der Waals surface area contributed by atoms with Gasteiger partial charge >= 0.3 is 5.97 Å². The molecule has 0 radical (unpaired) electrons. The smallest absolute Gasteiger partial charge is 0.311 e. The van der Waals surface area contributed by atoms with Gasteiger partial charge in [-0.3, -0.25) is 4.79 Å². The van der Waals surface area contributed by atoms with Crippen molar-refractivity contribution in [3.63, 3.8) is 0 Å². The molecule has 0 amide bonds. The van der Waals surface area contributed by atoms with Crippen LogP contribution in [-0.2, 0) is 9.53 Å². The number of anilines is 1. The van der Waals surface area contributed by atoms with Gasteiger partial charge in [-0.15, -0.1) is 0 Å². The Morgan fingerprint density at radius 3 is 3.00 bits per heavy atom. The fourth-order valence-corrected chi connectivity index (χ4v) is 2.25. The third kappa shape index (κ3) is 2.76. The van der Waals surface area contributed by atoms with Crippen LogP contribution >= 0.6 is 0 Å². The average molecular weight is 267 g/mol. The van der Waals surface area contributed by atoms with Crippen LogP contribution in [0.25, 0.3) is 0 Å². The van der Waals surface area contributed by atoms with Crippen molar-refractivity contribution in [2.24, 2.45) is 5.92 Å². The normalized spacial score (nSPS) is 22.2. The van der Waals surface area contributed by atoms with Crippen molar-refractivity contribution in [3.8, 4) is 5.88 Å². The first kappa shape index (κ1) is 13.5. The van der Waals surface area contributed by atoms with Crippen molar-refractivity contribution >= 4 is 11.8 Å². The molecule has 19 heavy (non-hydrogen) atoms. The number of rotatable bonds is 5. The van der Waals surface area contributed by atoms with E-state index in [0.717, 1.165) is 0 Å². The highest BCUT2D eigenvalue weighted by atomic mass is 16.5. The molecule has 2 heterocycles. The maximum absolute atomic E-state index is 11.2. The largest absolute Gasteiger partial charge is 0.481 e. The minimum Gasteiger partial charge on any atom is -0.481 e. The number of ether oxygens (including phenoxy) is 2. The molecule has 2 atom stereocenters. The zero-order chi connectivity index (χ0) is 13.8. The maximum Gasteiger partial charge on any atom is 0.311 e. The number of hydrogen-bond donors (Lipinski definition) is 1. The molecule has 7 heteroatoms. The fourth-order valence-electron chi connectivity index (χ4n) is 2.25. The second kappa shape index (κ2) is 5.83. The highest BCUT2D eigenvalue weighted by Crippen LogP contribution is 2.25. The van der Waals surface area contributed by atoms with Gasteiger partial charge in [0, 0.05) is 12.6 Å². The number of carbonyl (C=O) groups is 1. The van der Waals surface area contributed by atoms with E-state index >= 15 is 0 Å². The Morgan fingerprint density at radius 1 is 1.58 bits per heavy atom. The lowest BCUT2D eigenvalue weighted by atomic mass is 10.0. The van der Waals surface area contributed by atoms with Crippen LogP contribution in [0.4, 0.5) is 5.82 Å². The minimum atomic E-state index is -0.845. The Bertz CT molecular complexity index is 454. The molecule has 1 aliphatic heterocycles. The number of carboxylic acid groups (broad SMARTS) is 1.